The van der Waals surface area contributed by atoms with E-state index in [2.05, 4.69) is 50.4 Å². The molecule has 17 heavy (non-hydrogen) atoms. The Hall–Kier alpha value is -1.02. The van der Waals surface area contributed by atoms with Crippen LogP contribution in [0.3, 0.4) is 0 Å². The third-order valence-corrected chi connectivity index (χ3v) is 3.17. The van der Waals surface area contributed by atoms with Crippen molar-refractivity contribution >= 4 is 0 Å². The van der Waals surface area contributed by atoms with Gasteiger partial charge in [0.2, 0.25) is 0 Å². The molecule has 0 aliphatic heterocycles. The van der Waals surface area contributed by atoms with Crippen molar-refractivity contribution in [2.45, 2.75) is 52.2 Å². The lowest BCUT2D eigenvalue weighted by Crippen LogP contribution is -2.23. The van der Waals surface area contributed by atoms with E-state index in [1.807, 2.05) is 7.05 Å². The molecule has 0 radical (unpaired) electrons. The first kappa shape index (κ1) is 14.0. The van der Waals surface area contributed by atoms with Gasteiger partial charge in [-0.15, -0.1) is 0 Å². The molecule has 0 fully saturated rings. The van der Waals surface area contributed by atoms with Crippen LogP contribution in [-0.4, -0.2) is 19.2 Å². The van der Waals surface area contributed by atoms with Crippen LogP contribution in [0.2, 0.25) is 0 Å². The molecule has 1 N–H and O–H groups in total. The molecule has 1 atom stereocenters. The third-order valence-electron chi connectivity index (χ3n) is 3.17. The van der Waals surface area contributed by atoms with E-state index in [1.54, 1.807) is 0 Å². The molecule has 0 aromatic heterocycles. The van der Waals surface area contributed by atoms with Gasteiger partial charge in [-0.05, 0) is 50.9 Å². The summed E-state index contributed by atoms with van der Waals surface area (Å²) >= 11 is 0. The zero-order valence-corrected chi connectivity index (χ0v) is 11.5. The van der Waals surface area contributed by atoms with Gasteiger partial charge in [-0.25, -0.2) is 0 Å². The smallest absolute Gasteiger partial charge is 0.119 e. The van der Waals surface area contributed by atoms with Crippen molar-refractivity contribution in [2.75, 3.05) is 7.05 Å². The van der Waals surface area contributed by atoms with Crippen molar-refractivity contribution in [3.63, 3.8) is 0 Å². The van der Waals surface area contributed by atoms with Crippen LogP contribution in [-0.2, 0) is 6.42 Å². The lowest BCUT2D eigenvalue weighted by Gasteiger charge is -2.16. The molecule has 1 rings (SSSR count). The van der Waals surface area contributed by atoms with Crippen LogP contribution in [0.15, 0.2) is 24.3 Å². The van der Waals surface area contributed by atoms with Crippen molar-refractivity contribution < 1.29 is 4.74 Å². The predicted octanol–water partition coefficient (Wildman–Crippen LogP) is 3.40. The molecular formula is C15H25NO. The molecule has 2 nitrogen and oxygen atoms in total. The molecule has 2 heteroatoms. The van der Waals surface area contributed by atoms with Crippen molar-refractivity contribution in [3.05, 3.63) is 29.8 Å². The molecular weight excluding hydrogens is 210 g/mol. The SMILES string of the molecule is CCC(CC)Oc1ccc(CC(C)NC)cc1. The van der Waals surface area contributed by atoms with Crippen LogP contribution in [0.25, 0.3) is 0 Å². The average Bonchev–Trinajstić information content (AvgIpc) is 2.37. The largest absolute Gasteiger partial charge is 0.490 e. The van der Waals surface area contributed by atoms with Gasteiger partial charge < -0.3 is 10.1 Å². The molecule has 0 spiro atoms. The van der Waals surface area contributed by atoms with Gasteiger partial charge in [0.25, 0.3) is 0 Å². The van der Waals surface area contributed by atoms with Crippen molar-refractivity contribution in [1.82, 2.24) is 5.32 Å². The minimum absolute atomic E-state index is 0.345. The predicted molar refractivity (Wildman–Crippen MR) is 73.7 cm³/mol. The maximum atomic E-state index is 5.88. The highest BCUT2D eigenvalue weighted by Crippen LogP contribution is 2.17. The zero-order valence-electron chi connectivity index (χ0n) is 11.5. The van der Waals surface area contributed by atoms with E-state index in [-0.39, 0.29) is 0 Å². The first-order chi connectivity index (χ1) is 8.19. The van der Waals surface area contributed by atoms with E-state index in [0.717, 1.165) is 25.0 Å². The van der Waals surface area contributed by atoms with E-state index in [0.29, 0.717) is 12.1 Å². The zero-order chi connectivity index (χ0) is 12.7. The maximum Gasteiger partial charge on any atom is 0.119 e. The summed E-state index contributed by atoms with van der Waals surface area (Å²) in [6, 6.07) is 8.99. The molecule has 0 aliphatic carbocycles. The topological polar surface area (TPSA) is 21.3 Å². The fourth-order valence-corrected chi connectivity index (χ4v) is 1.81. The highest BCUT2D eigenvalue weighted by molar-refractivity contribution is 5.27. The lowest BCUT2D eigenvalue weighted by atomic mass is 10.1. The molecule has 96 valence electrons. The standard InChI is InChI=1S/C15H25NO/c1-5-14(6-2)17-15-9-7-13(8-10-15)11-12(3)16-4/h7-10,12,14,16H,5-6,11H2,1-4H3. The highest BCUT2D eigenvalue weighted by atomic mass is 16.5. The first-order valence-corrected chi connectivity index (χ1v) is 6.62. The minimum atomic E-state index is 0.345. The first-order valence-electron chi connectivity index (χ1n) is 6.62. The van der Waals surface area contributed by atoms with Crippen molar-refractivity contribution in [1.29, 1.82) is 0 Å². The summed E-state index contributed by atoms with van der Waals surface area (Å²) in [7, 11) is 2.00. The summed E-state index contributed by atoms with van der Waals surface area (Å²) in [6.07, 6.45) is 3.53. The molecule has 0 saturated heterocycles. The van der Waals surface area contributed by atoms with Crippen LogP contribution in [0.1, 0.15) is 39.2 Å². The van der Waals surface area contributed by atoms with Gasteiger partial charge >= 0.3 is 0 Å². The summed E-state index contributed by atoms with van der Waals surface area (Å²) in [5.74, 6) is 0.986. The normalized spacial score (nSPS) is 12.8. The summed E-state index contributed by atoms with van der Waals surface area (Å²) < 4.78 is 5.88. The van der Waals surface area contributed by atoms with E-state index in [9.17, 15) is 0 Å². The minimum Gasteiger partial charge on any atom is -0.490 e. The summed E-state index contributed by atoms with van der Waals surface area (Å²) in [5, 5.41) is 3.25. The second-order valence-electron chi connectivity index (χ2n) is 4.59. The Bertz CT molecular complexity index is 303. The average molecular weight is 235 g/mol. The van der Waals surface area contributed by atoms with Crippen LogP contribution >= 0.6 is 0 Å². The number of ether oxygens (including phenoxy) is 1. The maximum absolute atomic E-state index is 5.88. The number of likely N-dealkylation sites (N-methyl/N-ethyl adjacent to an activating group) is 1. The molecule has 0 saturated carbocycles. The Labute approximate surface area is 105 Å². The molecule has 1 aromatic carbocycles. The molecule has 1 unspecified atom stereocenters. The third kappa shape index (κ3) is 4.78. The van der Waals surface area contributed by atoms with Gasteiger partial charge in [0.1, 0.15) is 5.75 Å². The lowest BCUT2D eigenvalue weighted by molar-refractivity contribution is 0.193. The summed E-state index contributed by atoms with van der Waals surface area (Å²) in [4.78, 5) is 0. The van der Waals surface area contributed by atoms with Gasteiger partial charge in [-0.2, -0.15) is 0 Å². The molecule has 1 aromatic rings. The van der Waals surface area contributed by atoms with Crippen LogP contribution in [0.5, 0.6) is 5.75 Å². The second-order valence-corrected chi connectivity index (χ2v) is 4.59. The Kier molecular flexibility index (Phi) is 6.06. The summed E-state index contributed by atoms with van der Waals surface area (Å²) in [6.45, 7) is 6.52. The molecule has 0 bridgehead atoms. The quantitative estimate of drug-likeness (QED) is 0.782. The molecule has 0 amide bonds. The Morgan fingerprint density at radius 2 is 1.71 bits per heavy atom. The van der Waals surface area contributed by atoms with Gasteiger partial charge in [-0.3, -0.25) is 0 Å². The molecule has 0 heterocycles. The van der Waals surface area contributed by atoms with Gasteiger partial charge in [0.05, 0.1) is 6.10 Å². The second kappa shape index (κ2) is 7.33. The van der Waals surface area contributed by atoms with Gasteiger partial charge in [-0.1, -0.05) is 26.0 Å². The number of rotatable bonds is 7. The number of benzene rings is 1. The van der Waals surface area contributed by atoms with E-state index >= 15 is 0 Å². The molecule has 0 aliphatic rings. The number of hydrogen-bond donors (Lipinski definition) is 1. The van der Waals surface area contributed by atoms with E-state index in [1.165, 1.54) is 5.56 Å². The van der Waals surface area contributed by atoms with E-state index in [4.69, 9.17) is 4.74 Å². The summed E-state index contributed by atoms with van der Waals surface area (Å²) in [5.41, 5.74) is 1.35. The Morgan fingerprint density at radius 3 is 2.18 bits per heavy atom. The van der Waals surface area contributed by atoms with Crippen molar-refractivity contribution in [3.8, 4) is 5.75 Å². The van der Waals surface area contributed by atoms with Crippen LogP contribution < -0.4 is 10.1 Å². The number of nitrogens with one attached hydrogen (secondary N) is 1. The Morgan fingerprint density at radius 1 is 1.12 bits per heavy atom. The Balaban J connectivity index is 2.55. The monoisotopic (exact) mass is 235 g/mol. The van der Waals surface area contributed by atoms with Crippen LogP contribution in [0.4, 0.5) is 0 Å². The highest BCUT2D eigenvalue weighted by Gasteiger charge is 2.05. The number of hydrogen-bond acceptors (Lipinski definition) is 2. The van der Waals surface area contributed by atoms with Crippen LogP contribution in [0, 0.1) is 0 Å². The van der Waals surface area contributed by atoms with Crippen molar-refractivity contribution in [2.24, 2.45) is 0 Å². The van der Waals surface area contributed by atoms with E-state index < -0.39 is 0 Å². The fourth-order valence-electron chi connectivity index (χ4n) is 1.81. The fraction of sp³-hybridized carbons (Fsp3) is 0.600. The van der Waals surface area contributed by atoms with Gasteiger partial charge in [0, 0.05) is 6.04 Å². The van der Waals surface area contributed by atoms with Gasteiger partial charge in [0.15, 0.2) is 0 Å².